The third-order valence-electron chi connectivity index (χ3n) is 4.81. The fourth-order valence-electron chi connectivity index (χ4n) is 3.34. The number of likely N-dealkylation sites (tertiary alicyclic amines) is 1. The molecule has 0 radical (unpaired) electrons. The number of benzene rings is 1. The average molecular weight is 388 g/mol. The number of thiazole rings is 1. The molecule has 0 aliphatic carbocycles. The largest absolute Gasteiger partial charge is 0.497 e. The molecule has 144 valence electrons. The number of hydrogen-bond acceptors (Lipinski definition) is 5. The van der Waals surface area contributed by atoms with Crippen LogP contribution in [0.3, 0.4) is 0 Å². The Morgan fingerprint density at radius 3 is 2.93 bits per heavy atom. The van der Waals surface area contributed by atoms with Crippen molar-refractivity contribution in [3.8, 4) is 5.75 Å². The van der Waals surface area contributed by atoms with Crippen LogP contribution in [0.2, 0.25) is 0 Å². The lowest BCUT2D eigenvalue weighted by Crippen LogP contribution is -2.39. The van der Waals surface area contributed by atoms with Crippen molar-refractivity contribution in [3.63, 3.8) is 0 Å². The number of nitrogens with one attached hydrogen (secondary N) is 1. The maximum absolute atomic E-state index is 13.0. The van der Waals surface area contributed by atoms with E-state index in [0.29, 0.717) is 13.1 Å². The minimum Gasteiger partial charge on any atom is -0.497 e. The first-order valence-electron chi connectivity index (χ1n) is 9.10. The Morgan fingerprint density at radius 1 is 1.41 bits per heavy atom. The van der Waals surface area contributed by atoms with Gasteiger partial charge in [0.2, 0.25) is 5.91 Å². The van der Waals surface area contributed by atoms with Gasteiger partial charge in [-0.3, -0.25) is 9.59 Å². The van der Waals surface area contributed by atoms with Gasteiger partial charge in [-0.1, -0.05) is 0 Å². The van der Waals surface area contributed by atoms with Gasteiger partial charge in [-0.05, 0) is 43.5 Å². The molecule has 0 unspecified atom stereocenters. The van der Waals surface area contributed by atoms with Crippen molar-refractivity contribution in [1.82, 2.24) is 15.2 Å². The summed E-state index contributed by atoms with van der Waals surface area (Å²) in [6.07, 6.45) is 1.99. The van der Waals surface area contributed by atoms with E-state index in [1.165, 1.54) is 6.92 Å². The smallest absolute Gasteiger partial charge is 0.254 e. The van der Waals surface area contributed by atoms with Crippen molar-refractivity contribution in [3.05, 3.63) is 45.4 Å². The molecular formula is C20H25N3O3S. The second kappa shape index (κ2) is 8.52. The van der Waals surface area contributed by atoms with Crippen LogP contribution in [0.4, 0.5) is 0 Å². The van der Waals surface area contributed by atoms with Crippen LogP contribution in [0.25, 0.3) is 0 Å². The number of amides is 2. The van der Waals surface area contributed by atoms with Crippen LogP contribution in [-0.4, -0.2) is 41.9 Å². The third-order valence-corrected chi connectivity index (χ3v) is 5.87. The van der Waals surface area contributed by atoms with Crippen LogP contribution < -0.4 is 10.1 Å². The predicted molar refractivity (Wildman–Crippen MR) is 105 cm³/mol. The molecule has 2 amide bonds. The molecule has 1 aromatic heterocycles. The van der Waals surface area contributed by atoms with Gasteiger partial charge in [0.25, 0.3) is 5.91 Å². The van der Waals surface area contributed by atoms with E-state index in [1.807, 2.05) is 35.4 Å². The van der Waals surface area contributed by atoms with E-state index in [0.717, 1.165) is 47.0 Å². The van der Waals surface area contributed by atoms with Gasteiger partial charge in [0, 0.05) is 36.9 Å². The van der Waals surface area contributed by atoms with Crippen molar-refractivity contribution < 1.29 is 14.3 Å². The number of carbonyl (C=O) groups is 2. The summed E-state index contributed by atoms with van der Waals surface area (Å²) in [5.74, 6) is 1.01. The van der Waals surface area contributed by atoms with Crippen LogP contribution in [0, 0.1) is 6.92 Å². The molecule has 0 saturated carbocycles. The normalized spacial score (nSPS) is 16.9. The topological polar surface area (TPSA) is 71.5 Å². The Balaban J connectivity index is 1.69. The number of ether oxygens (including phenoxy) is 1. The Morgan fingerprint density at radius 2 is 2.22 bits per heavy atom. The van der Waals surface area contributed by atoms with Crippen LogP contribution in [-0.2, 0) is 11.3 Å². The van der Waals surface area contributed by atoms with Gasteiger partial charge in [0.15, 0.2) is 0 Å². The Bertz CT molecular complexity index is 834. The molecular weight excluding hydrogens is 362 g/mol. The van der Waals surface area contributed by atoms with Crippen LogP contribution in [0.5, 0.6) is 5.75 Å². The van der Waals surface area contributed by atoms with Crippen LogP contribution >= 0.6 is 11.3 Å². The first-order valence-corrected chi connectivity index (χ1v) is 9.98. The molecule has 1 aliphatic heterocycles. The van der Waals surface area contributed by atoms with Crippen molar-refractivity contribution in [1.29, 1.82) is 0 Å². The van der Waals surface area contributed by atoms with Gasteiger partial charge in [-0.15, -0.1) is 11.3 Å². The van der Waals surface area contributed by atoms with Gasteiger partial charge >= 0.3 is 0 Å². The molecule has 1 N–H and O–H groups in total. The highest BCUT2D eigenvalue weighted by atomic mass is 32.1. The van der Waals surface area contributed by atoms with Gasteiger partial charge in [-0.25, -0.2) is 4.98 Å². The number of aryl methyl sites for hydroxylation is 1. The molecule has 2 aromatic rings. The molecule has 7 heteroatoms. The third kappa shape index (κ3) is 4.66. The molecule has 1 fully saturated rings. The summed E-state index contributed by atoms with van der Waals surface area (Å²) in [6, 6.07) is 5.57. The molecule has 1 aromatic carbocycles. The van der Waals surface area contributed by atoms with E-state index >= 15 is 0 Å². The molecule has 6 nitrogen and oxygen atoms in total. The van der Waals surface area contributed by atoms with Gasteiger partial charge in [-0.2, -0.15) is 0 Å². The first kappa shape index (κ1) is 19.4. The number of methoxy groups -OCH3 is 1. The highest BCUT2D eigenvalue weighted by Gasteiger charge is 2.28. The number of hydrogen-bond donors (Lipinski definition) is 1. The summed E-state index contributed by atoms with van der Waals surface area (Å²) in [5, 5.41) is 5.80. The zero-order valence-electron chi connectivity index (χ0n) is 15.9. The number of aromatic nitrogens is 1. The lowest BCUT2D eigenvalue weighted by molar-refractivity contribution is -0.119. The van der Waals surface area contributed by atoms with Crippen molar-refractivity contribution in [2.24, 2.45) is 0 Å². The summed E-state index contributed by atoms with van der Waals surface area (Å²) in [4.78, 5) is 30.6. The van der Waals surface area contributed by atoms with Crippen LogP contribution in [0.1, 0.15) is 52.3 Å². The monoisotopic (exact) mass is 387 g/mol. The molecule has 3 rings (SSSR count). The van der Waals surface area contributed by atoms with Crippen molar-refractivity contribution in [2.45, 2.75) is 39.2 Å². The predicted octanol–water partition coefficient (Wildman–Crippen LogP) is 3.12. The number of carbonyl (C=O) groups excluding carboxylic acids is 2. The fraction of sp³-hybridized carbons (Fsp3) is 0.450. The standard InChI is InChI=1S/C20H25N3O3S/c1-13-9-17(26-3)6-7-18(13)20(25)23-8-4-5-15(11-23)19-22-16(12-27-19)10-21-14(2)24/h6-7,9,12,15H,4-5,8,10-11H2,1-3H3,(H,21,24)/t15-/m0/s1. The molecule has 1 aliphatic rings. The summed E-state index contributed by atoms with van der Waals surface area (Å²) in [5.41, 5.74) is 2.52. The highest BCUT2D eigenvalue weighted by molar-refractivity contribution is 7.09. The van der Waals surface area contributed by atoms with E-state index in [-0.39, 0.29) is 17.7 Å². The van der Waals surface area contributed by atoms with Gasteiger partial charge in [0.05, 0.1) is 24.4 Å². The summed E-state index contributed by atoms with van der Waals surface area (Å²) < 4.78 is 5.23. The minimum absolute atomic E-state index is 0.0613. The molecule has 2 heterocycles. The molecule has 27 heavy (non-hydrogen) atoms. The molecule has 0 bridgehead atoms. The van der Waals surface area contributed by atoms with E-state index in [4.69, 9.17) is 4.74 Å². The lowest BCUT2D eigenvalue weighted by Gasteiger charge is -2.32. The van der Waals surface area contributed by atoms with E-state index in [1.54, 1.807) is 18.4 Å². The average Bonchev–Trinajstić information content (AvgIpc) is 3.15. The number of rotatable bonds is 5. The molecule has 1 saturated heterocycles. The van der Waals surface area contributed by atoms with Crippen molar-refractivity contribution >= 4 is 23.2 Å². The Labute approximate surface area is 163 Å². The SMILES string of the molecule is COc1ccc(C(=O)N2CCC[C@H](c3nc(CNC(C)=O)cs3)C2)c(C)c1. The lowest BCUT2D eigenvalue weighted by atomic mass is 9.97. The van der Waals surface area contributed by atoms with E-state index < -0.39 is 0 Å². The number of piperidine rings is 1. The molecule has 0 spiro atoms. The molecule has 1 atom stereocenters. The summed E-state index contributed by atoms with van der Waals surface area (Å²) in [7, 11) is 1.62. The van der Waals surface area contributed by atoms with Gasteiger partial charge < -0.3 is 15.0 Å². The van der Waals surface area contributed by atoms with E-state index in [2.05, 4.69) is 10.3 Å². The Kier molecular flexibility index (Phi) is 6.11. The zero-order valence-corrected chi connectivity index (χ0v) is 16.8. The minimum atomic E-state index is -0.0613. The van der Waals surface area contributed by atoms with E-state index in [9.17, 15) is 9.59 Å². The Hall–Kier alpha value is -2.41. The number of nitrogens with zero attached hydrogens (tertiary/aromatic N) is 2. The van der Waals surface area contributed by atoms with Gasteiger partial charge in [0.1, 0.15) is 5.75 Å². The second-order valence-electron chi connectivity index (χ2n) is 6.86. The van der Waals surface area contributed by atoms with Crippen LogP contribution in [0.15, 0.2) is 23.6 Å². The highest BCUT2D eigenvalue weighted by Crippen LogP contribution is 2.30. The maximum atomic E-state index is 13.0. The van der Waals surface area contributed by atoms with Crippen molar-refractivity contribution in [2.75, 3.05) is 20.2 Å². The summed E-state index contributed by atoms with van der Waals surface area (Å²) >= 11 is 1.61. The fourth-order valence-corrected chi connectivity index (χ4v) is 4.29. The first-order chi connectivity index (χ1) is 13.0. The maximum Gasteiger partial charge on any atom is 0.254 e. The summed E-state index contributed by atoms with van der Waals surface area (Å²) in [6.45, 7) is 5.33. The zero-order chi connectivity index (χ0) is 19.4. The quantitative estimate of drug-likeness (QED) is 0.856. The second-order valence-corrected chi connectivity index (χ2v) is 7.75.